The fraction of sp³-hybridized carbons (Fsp3) is 0.0357. The summed E-state index contributed by atoms with van der Waals surface area (Å²) in [5, 5.41) is 1.54. The van der Waals surface area contributed by atoms with Gasteiger partial charge < -0.3 is 9.30 Å². The molecule has 0 saturated carbocycles. The van der Waals surface area contributed by atoms with Crippen LogP contribution in [0.4, 0.5) is 0 Å². The van der Waals surface area contributed by atoms with Crippen molar-refractivity contribution in [3.63, 3.8) is 0 Å². The monoisotopic (exact) mass is 437 g/mol. The van der Waals surface area contributed by atoms with Gasteiger partial charge in [0.05, 0.1) is 16.8 Å². The van der Waals surface area contributed by atoms with E-state index in [1.165, 1.54) is 0 Å². The number of rotatable bonds is 5. The van der Waals surface area contributed by atoms with Crippen LogP contribution >= 0.6 is 11.6 Å². The number of carbonyl (C=O) groups excluding carboxylic acids is 1. The molecule has 0 saturated heterocycles. The van der Waals surface area contributed by atoms with Gasteiger partial charge in [0.1, 0.15) is 0 Å². The number of esters is 1. The predicted octanol–water partition coefficient (Wildman–Crippen LogP) is 7.23. The van der Waals surface area contributed by atoms with Crippen molar-refractivity contribution in [3.8, 4) is 17.0 Å². The Bertz CT molecular complexity index is 1370. The Morgan fingerprint density at radius 3 is 2.09 bits per heavy atom. The molecule has 0 N–H and O–H groups in total. The summed E-state index contributed by atoms with van der Waals surface area (Å²) >= 11 is 6.16. The van der Waals surface area contributed by atoms with Crippen molar-refractivity contribution in [3.05, 3.63) is 125 Å². The van der Waals surface area contributed by atoms with Gasteiger partial charge in [0.25, 0.3) is 0 Å². The van der Waals surface area contributed by atoms with E-state index in [-0.39, 0.29) is 5.97 Å². The predicted molar refractivity (Wildman–Crippen MR) is 129 cm³/mol. The van der Waals surface area contributed by atoms with Gasteiger partial charge in [0.15, 0.2) is 5.75 Å². The minimum absolute atomic E-state index is 0.386. The third kappa shape index (κ3) is 3.91. The third-order valence-electron chi connectivity index (χ3n) is 5.43. The van der Waals surface area contributed by atoms with Gasteiger partial charge in [-0.1, -0.05) is 84.4 Å². The highest BCUT2D eigenvalue weighted by molar-refractivity contribution is 6.30. The summed E-state index contributed by atoms with van der Waals surface area (Å²) in [5.74, 6) is 0.163. The number of ether oxygens (including phenoxy) is 1. The largest absolute Gasteiger partial charge is 0.420 e. The number of para-hydroxylation sites is 1. The molecule has 0 fully saturated rings. The number of nitrogens with zero attached hydrogens (tertiary/aromatic N) is 1. The van der Waals surface area contributed by atoms with Crippen LogP contribution in [-0.2, 0) is 6.54 Å². The first kappa shape index (κ1) is 20.1. The fourth-order valence-electron chi connectivity index (χ4n) is 3.93. The van der Waals surface area contributed by atoms with Crippen LogP contribution in [0.5, 0.6) is 5.75 Å². The second-order valence-corrected chi connectivity index (χ2v) is 7.97. The smallest absolute Gasteiger partial charge is 0.343 e. The summed E-state index contributed by atoms with van der Waals surface area (Å²) in [5.41, 5.74) is 4.43. The number of benzene rings is 4. The summed E-state index contributed by atoms with van der Waals surface area (Å²) in [6.45, 7) is 0.641. The molecule has 0 aliphatic heterocycles. The maximum absolute atomic E-state index is 13.0. The van der Waals surface area contributed by atoms with Gasteiger partial charge in [-0.05, 0) is 42.0 Å². The summed E-state index contributed by atoms with van der Waals surface area (Å²) < 4.78 is 8.25. The minimum Gasteiger partial charge on any atom is -0.420 e. The minimum atomic E-state index is -0.386. The molecule has 3 nitrogen and oxygen atoms in total. The van der Waals surface area contributed by atoms with Gasteiger partial charge in [0.2, 0.25) is 0 Å². The van der Waals surface area contributed by atoms with Crippen LogP contribution < -0.4 is 4.74 Å². The summed E-state index contributed by atoms with van der Waals surface area (Å²) in [4.78, 5) is 13.0. The van der Waals surface area contributed by atoms with E-state index in [1.807, 2.05) is 78.9 Å². The zero-order valence-electron chi connectivity index (χ0n) is 17.2. The molecule has 4 heteroatoms. The van der Waals surface area contributed by atoms with Crippen LogP contribution in [0.1, 0.15) is 15.9 Å². The number of carbonyl (C=O) groups is 1. The van der Waals surface area contributed by atoms with Crippen LogP contribution in [-0.4, -0.2) is 10.5 Å². The van der Waals surface area contributed by atoms with Gasteiger partial charge >= 0.3 is 5.97 Å². The molecule has 0 radical (unpaired) electrons. The maximum atomic E-state index is 13.0. The van der Waals surface area contributed by atoms with Crippen molar-refractivity contribution < 1.29 is 9.53 Å². The zero-order valence-corrected chi connectivity index (χ0v) is 18.0. The van der Waals surface area contributed by atoms with E-state index >= 15 is 0 Å². The van der Waals surface area contributed by atoms with Crippen molar-refractivity contribution >= 4 is 28.5 Å². The quantitative estimate of drug-likeness (QED) is 0.271. The number of fused-ring (bicyclic) bond motifs is 1. The van der Waals surface area contributed by atoms with Gasteiger partial charge in [-0.3, -0.25) is 0 Å². The number of hydrogen-bond donors (Lipinski definition) is 0. The Hall–Kier alpha value is -3.82. The Kier molecular flexibility index (Phi) is 5.49. The highest BCUT2D eigenvalue weighted by atomic mass is 35.5. The second-order valence-electron chi connectivity index (χ2n) is 7.53. The topological polar surface area (TPSA) is 31.2 Å². The van der Waals surface area contributed by atoms with E-state index in [9.17, 15) is 4.79 Å². The van der Waals surface area contributed by atoms with Crippen molar-refractivity contribution in [2.24, 2.45) is 0 Å². The van der Waals surface area contributed by atoms with Crippen molar-refractivity contribution in [2.75, 3.05) is 0 Å². The number of halogens is 1. The van der Waals surface area contributed by atoms with E-state index in [2.05, 4.69) is 22.8 Å². The average molecular weight is 438 g/mol. The molecular formula is C28H20ClNO2. The molecule has 1 aromatic heterocycles. The highest BCUT2D eigenvalue weighted by Crippen LogP contribution is 2.41. The lowest BCUT2D eigenvalue weighted by atomic mass is 10.1. The van der Waals surface area contributed by atoms with Crippen LogP contribution in [0.25, 0.3) is 22.2 Å². The number of aromatic nitrogens is 1. The second kappa shape index (κ2) is 8.74. The van der Waals surface area contributed by atoms with Crippen LogP contribution in [0.15, 0.2) is 109 Å². The lowest BCUT2D eigenvalue weighted by molar-refractivity contribution is 0.0737. The zero-order chi connectivity index (χ0) is 21.9. The van der Waals surface area contributed by atoms with Crippen LogP contribution in [0, 0.1) is 0 Å². The Labute approximate surface area is 191 Å². The van der Waals surface area contributed by atoms with Gasteiger partial charge in [-0.25, -0.2) is 4.79 Å². The molecule has 156 valence electrons. The van der Waals surface area contributed by atoms with E-state index in [4.69, 9.17) is 16.3 Å². The van der Waals surface area contributed by atoms with Gasteiger partial charge in [0, 0.05) is 22.5 Å². The van der Waals surface area contributed by atoms with E-state index in [0.29, 0.717) is 22.9 Å². The molecule has 0 atom stereocenters. The molecule has 0 aliphatic carbocycles. The first-order valence-electron chi connectivity index (χ1n) is 10.4. The Morgan fingerprint density at radius 1 is 0.750 bits per heavy atom. The van der Waals surface area contributed by atoms with Gasteiger partial charge in [-0.2, -0.15) is 0 Å². The molecule has 1 heterocycles. The standard InChI is InChI=1S/C28H20ClNO2/c29-23-17-15-21(16-18-23)26-27(32-28(31)22-11-5-2-6-12-22)24-13-7-8-14-25(24)30(26)19-20-9-3-1-4-10-20/h1-18H,19H2. The maximum Gasteiger partial charge on any atom is 0.343 e. The molecule has 5 aromatic rings. The molecule has 0 unspecified atom stereocenters. The molecular weight excluding hydrogens is 418 g/mol. The van der Waals surface area contributed by atoms with Crippen molar-refractivity contribution in [2.45, 2.75) is 6.54 Å². The molecule has 0 spiro atoms. The third-order valence-corrected chi connectivity index (χ3v) is 5.68. The summed E-state index contributed by atoms with van der Waals surface area (Å²) in [6, 6.07) is 34.9. The highest BCUT2D eigenvalue weighted by Gasteiger charge is 2.23. The molecule has 0 aliphatic rings. The lowest BCUT2D eigenvalue weighted by Crippen LogP contribution is -2.09. The average Bonchev–Trinajstić information content (AvgIpc) is 3.14. The molecule has 0 bridgehead atoms. The number of hydrogen-bond acceptors (Lipinski definition) is 2. The molecule has 32 heavy (non-hydrogen) atoms. The van der Waals surface area contributed by atoms with Crippen LogP contribution in [0.2, 0.25) is 5.02 Å². The van der Waals surface area contributed by atoms with Gasteiger partial charge in [-0.15, -0.1) is 0 Å². The summed E-state index contributed by atoms with van der Waals surface area (Å²) in [7, 11) is 0. The SMILES string of the molecule is O=C(Oc1c(-c2ccc(Cl)cc2)n(Cc2ccccc2)c2ccccc12)c1ccccc1. The fourth-order valence-corrected chi connectivity index (χ4v) is 4.05. The van der Waals surface area contributed by atoms with Crippen molar-refractivity contribution in [1.29, 1.82) is 0 Å². The van der Waals surface area contributed by atoms with E-state index in [0.717, 1.165) is 27.7 Å². The first-order chi connectivity index (χ1) is 15.7. The molecule has 5 rings (SSSR count). The normalized spacial score (nSPS) is 10.9. The molecule has 0 amide bonds. The van der Waals surface area contributed by atoms with Crippen LogP contribution in [0.3, 0.4) is 0 Å². The molecule has 4 aromatic carbocycles. The lowest BCUT2D eigenvalue weighted by Gasteiger charge is -2.13. The van der Waals surface area contributed by atoms with E-state index in [1.54, 1.807) is 12.1 Å². The Morgan fingerprint density at radius 2 is 1.38 bits per heavy atom. The summed E-state index contributed by atoms with van der Waals surface area (Å²) in [6.07, 6.45) is 0. The Balaban J connectivity index is 1.71. The van der Waals surface area contributed by atoms with Crippen molar-refractivity contribution in [1.82, 2.24) is 4.57 Å². The first-order valence-corrected chi connectivity index (χ1v) is 10.8. The van der Waals surface area contributed by atoms with E-state index < -0.39 is 0 Å².